The molecule has 1 aromatic rings. The van der Waals surface area contributed by atoms with Crippen LogP contribution in [0.3, 0.4) is 0 Å². The molecule has 6 heteroatoms. The molecular formula is C13H17F4NS. The van der Waals surface area contributed by atoms with E-state index in [4.69, 9.17) is 0 Å². The van der Waals surface area contributed by atoms with Gasteiger partial charge in [0.1, 0.15) is 5.82 Å². The van der Waals surface area contributed by atoms with Crippen LogP contribution in [-0.4, -0.2) is 17.5 Å². The fourth-order valence-electron chi connectivity index (χ4n) is 1.48. The van der Waals surface area contributed by atoms with Crippen LogP contribution in [0.5, 0.6) is 0 Å². The Morgan fingerprint density at radius 2 is 1.84 bits per heavy atom. The number of hydrogen-bond donors (Lipinski definition) is 1. The third kappa shape index (κ3) is 5.03. The van der Waals surface area contributed by atoms with Crippen molar-refractivity contribution in [3.8, 4) is 0 Å². The molecule has 1 N–H and O–H groups in total. The van der Waals surface area contributed by atoms with Crippen molar-refractivity contribution in [2.75, 3.05) is 12.8 Å². The van der Waals surface area contributed by atoms with Crippen LogP contribution < -0.4 is 5.32 Å². The van der Waals surface area contributed by atoms with Crippen molar-refractivity contribution in [3.05, 3.63) is 35.1 Å². The lowest BCUT2D eigenvalue weighted by molar-refractivity contribution is -0.140. The third-order valence-electron chi connectivity index (χ3n) is 2.77. The lowest BCUT2D eigenvalue weighted by Crippen LogP contribution is -2.31. The Labute approximate surface area is 114 Å². The first-order chi connectivity index (χ1) is 8.65. The van der Waals surface area contributed by atoms with E-state index in [0.29, 0.717) is 12.1 Å². The van der Waals surface area contributed by atoms with Gasteiger partial charge >= 0.3 is 6.18 Å². The molecule has 0 aromatic heterocycles. The van der Waals surface area contributed by atoms with E-state index in [1.807, 2.05) is 20.1 Å². The van der Waals surface area contributed by atoms with E-state index in [2.05, 4.69) is 5.32 Å². The number of hydrogen-bond acceptors (Lipinski definition) is 2. The SMILES string of the molecule is CSC(C)(C)CNCc1ccc(F)c(C(F)(F)F)c1. The summed E-state index contributed by atoms with van der Waals surface area (Å²) in [6, 6.07) is 3.08. The van der Waals surface area contributed by atoms with E-state index < -0.39 is 17.6 Å². The van der Waals surface area contributed by atoms with Gasteiger partial charge in [0.25, 0.3) is 0 Å². The molecule has 1 rings (SSSR count). The maximum atomic E-state index is 13.1. The minimum absolute atomic E-state index is 0.00683. The predicted octanol–water partition coefficient (Wildman–Crippen LogP) is 4.08. The molecule has 0 heterocycles. The smallest absolute Gasteiger partial charge is 0.311 e. The molecule has 0 bridgehead atoms. The van der Waals surface area contributed by atoms with Gasteiger partial charge in [-0.2, -0.15) is 24.9 Å². The van der Waals surface area contributed by atoms with Crippen molar-refractivity contribution in [3.63, 3.8) is 0 Å². The monoisotopic (exact) mass is 295 g/mol. The lowest BCUT2D eigenvalue weighted by atomic mass is 10.1. The molecule has 0 atom stereocenters. The van der Waals surface area contributed by atoms with Gasteiger partial charge in [-0.3, -0.25) is 0 Å². The van der Waals surface area contributed by atoms with Crippen LogP contribution in [0.15, 0.2) is 18.2 Å². The van der Waals surface area contributed by atoms with Gasteiger partial charge in [0, 0.05) is 17.8 Å². The van der Waals surface area contributed by atoms with Gasteiger partial charge in [0.15, 0.2) is 0 Å². The van der Waals surface area contributed by atoms with Crippen molar-refractivity contribution < 1.29 is 17.6 Å². The molecule has 19 heavy (non-hydrogen) atoms. The molecule has 1 nitrogen and oxygen atoms in total. The van der Waals surface area contributed by atoms with Crippen molar-refractivity contribution in [1.82, 2.24) is 5.32 Å². The summed E-state index contributed by atoms with van der Waals surface area (Å²) < 4.78 is 50.7. The Morgan fingerprint density at radius 3 is 2.37 bits per heavy atom. The molecular weight excluding hydrogens is 278 g/mol. The van der Waals surface area contributed by atoms with Crippen LogP contribution in [0.25, 0.3) is 0 Å². The lowest BCUT2D eigenvalue weighted by Gasteiger charge is -2.22. The zero-order valence-corrected chi connectivity index (χ0v) is 11.9. The van der Waals surface area contributed by atoms with Crippen LogP contribution in [-0.2, 0) is 12.7 Å². The predicted molar refractivity (Wildman–Crippen MR) is 70.7 cm³/mol. The van der Waals surface area contributed by atoms with E-state index in [-0.39, 0.29) is 11.3 Å². The zero-order chi connectivity index (χ0) is 14.7. The first-order valence-electron chi connectivity index (χ1n) is 5.77. The van der Waals surface area contributed by atoms with Gasteiger partial charge in [0.2, 0.25) is 0 Å². The molecule has 0 spiro atoms. The second-order valence-electron chi connectivity index (χ2n) is 4.88. The first-order valence-corrected chi connectivity index (χ1v) is 7.00. The Bertz CT molecular complexity index is 429. The second-order valence-corrected chi connectivity index (χ2v) is 6.39. The standard InChI is InChI=1S/C13H17F4NS/c1-12(2,19-3)8-18-7-9-4-5-11(14)10(6-9)13(15,16)17/h4-6,18H,7-8H2,1-3H3. The minimum atomic E-state index is -4.65. The largest absolute Gasteiger partial charge is 0.419 e. The molecule has 0 amide bonds. The summed E-state index contributed by atoms with van der Waals surface area (Å²) >= 11 is 1.67. The van der Waals surface area contributed by atoms with Gasteiger partial charge in [-0.05, 0) is 37.8 Å². The molecule has 0 fully saturated rings. The second kappa shape index (κ2) is 6.13. The average molecular weight is 295 g/mol. The average Bonchev–Trinajstić information content (AvgIpc) is 2.30. The van der Waals surface area contributed by atoms with Gasteiger partial charge < -0.3 is 5.32 Å². The number of nitrogens with one attached hydrogen (secondary N) is 1. The zero-order valence-electron chi connectivity index (χ0n) is 11.1. The Balaban J connectivity index is 2.71. The summed E-state index contributed by atoms with van der Waals surface area (Å²) in [7, 11) is 0. The molecule has 0 unspecified atom stereocenters. The fraction of sp³-hybridized carbons (Fsp3) is 0.538. The summed E-state index contributed by atoms with van der Waals surface area (Å²) in [5.74, 6) is -1.24. The van der Waals surface area contributed by atoms with Crippen LogP contribution in [0.1, 0.15) is 25.0 Å². The van der Waals surface area contributed by atoms with Crippen LogP contribution in [0, 0.1) is 5.82 Å². The fourth-order valence-corrected chi connectivity index (χ4v) is 1.73. The van der Waals surface area contributed by atoms with Crippen molar-refractivity contribution in [1.29, 1.82) is 0 Å². The number of alkyl halides is 3. The quantitative estimate of drug-likeness (QED) is 0.822. The van der Waals surface area contributed by atoms with E-state index >= 15 is 0 Å². The topological polar surface area (TPSA) is 12.0 Å². The molecule has 0 aliphatic heterocycles. The molecule has 0 saturated carbocycles. The van der Waals surface area contributed by atoms with Crippen LogP contribution in [0.2, 0.25) is 0 Å². The highest BCUT2D eigenvalue weighted by Gasteiger charge is 2.34. The van der Waals surface area contributed by atoms with Gasteiger partial charge in [0.05, 0.1) is 5.56 Å². The van der Waals surface area contributed by atoms with Crippen molar-refractivity contribution in [2.45, 2.75) is 31.3 Å². The van der Waals surface area contributed by atoms with Crippen LogP contribution in [0.4, 0.5) is 17.6 Å². The molecule has 0 radical (unpaired) electrons. The van der Waals surface area contributed by atoms with Gasteiger partial charge in [-0.15, -0.1) is 0 Å². The van der Waals surface area contributed by atoms with Crippen molar-refractivity contribution in [2.24, 2.45) is 0 Å². The van der Waals surface area contributed by atoms with Gasteiger partial charge in [-0.25, -0.2) is 4.39 Å². The van der Waals surface area contributed by atoms with E-state index in [9.17, 15) is 17.6 Å². The maximum Gasteiger partial charge on any atom is 0.419 e. The molecule has 108 valence electrons. The third-order valence-corrected chi connectivity index (χ3v) is 4.02. The molecule has 0 saturated heterocycles. The minimum Gasteiger partial charge on any atom is -0.311 e. The van der Waals surface area contributed by atoms with Crippen molar-refractivity contribution >= 4 is 11.8 Å². The van der Waals surface area contributed by atoms with E-state index in [0.717, 1.165) is 12.1 Å². The van der Waals surface area contributed by atoms with Gasteiger partial charge in [-0.1, -0.05) is 6.07 Å². The number of halogens is 4. The summed E-state index contributed by atoms with van der Waals surface area (Å²) in [4.78, 5) is 0. The number of thioether (sulfide) groups is 1. The highest BCUT2D eigenvalue weighted by molar-refractivity contribution is 7.99. The number of benzene rings is 1. The summed E-state index contributed by atoms with van der Waals surface area (Å²) in [6.07, 6.45) is -2.68. The van der Waals surface area contributed by atoms with Crippen LogP contribution >= 0.6 is 11.8 Å². The highest BCUT2D eigenvalue weighted by Crippen LogP contribution is 2.31. The van der Waals surface area contributed by atoms with E-state index in [1.165, 1.54) is 6.07 Å². The summed E-state index contributed by atoms with van der Waals surface area (Å²) in [6.45, 7) is 5.02. The summed E-state index contributed by atoms with van der Waals surface area (Å²) in [5.41, 5.74) is -0.790. The molecule has 1 aromatic carbocycles. The summed E-state index contributed by atoms with van der Waals surface area (Å²) in [5, 5.41) is 3.08. The van der Waals surface area contributed by atoms with E-state index in [1.54, 1.807) is 11.8 Å². The normalized spacial score (nSPS) is 12.8. The Hall–Kier alpha value is -0.750. The first kappa shape index (κ1) is 16.3. The Kier molecular flexibility index (Phi) is 5.26. The number of rotatable bonds is 5. The molecule has 0 aliphatic carbocycles. The maximum absolute atomic E-state index is 13.1. The highest BCUT2D eigenvalue weighted by atomic mass is 32.2. The Morgan fingerprint density at radius 1 is 1.21 bits per heavy atom. The molecule has 0 aliphatic rings.